The summed E-state index contributed by atoms with van der Waals surface area (Å²) in [5.74, 6) is -0.220. The average molecular weight is 335 g/mol. The number of aryl methyl sites for hydroxylation is 1. The van der Waals surface area contributed by atoms with Crippen molar-refractivity contribution in [2.75, 3.05) is 12.4 Å². The van der Waals surface area contributed by atoms with Crippen LogP contribution in [0.4, 0.5) is 10.5 Å². The van der Waals surface area contributed by atoms with Gasteiger partial charge in [0.25, 0.3) is 5.91 Å². The number of hydrogen-bond acceptors (Lipinski definition) is 2. The molecule has 0 radical (unpaired) electrons. The van der Waals surface area contributed by atoms with Gasteiger partial charge in [0.2, 0.25) is 0 Å². The summed E-state index contributed by atoms with van der Waals surface area (Å²) < 4.78 is 0. The SMILES string of the molecule is CC1=C(C(=O)Nc2ccc(C)cc2)[C@H](c2ccccc2)NC(=O)N1C. The largest absolute Gasteiger partial charge is 0.327 e. The van der Waals surface area contributed by atoms with Gasteiger partial charge in [-0.05, 0) is 31.5 Å². The zero-order chi connectivity index (χ0) is 18.0. The summed E-state index contributed by atoms with van der Waals surface area (Å²) in [7, 11) is 1.66. The second kappa shape index (κ2) is 6.81. The third-order valence-corrected chi connectivity index (χ3v) is 4.44. The average Bonchev–Trinajstić information content (AvgIpc) is 2.62. The van der Waals surface area contributed by atoms with Crippen molar-refractivity contribution in [3.8, 4) is 0 Å². The first-order valence-corrected chi connectivity index (χ1v) is 8.15. The number of rotatable bonds is 3. The molecule has 0 aliphatic carbocycles. The first kappa shape index (κ1) is 16.8. The number of urea groups is 1. The molecule has 128 valence electrons. The lowest BCUT2D eigenvalue weighted by Crippen LogP contribution is -2.46. The van der Waals surface area contributed by atoms with E-state index >= 15 is 0 Å². The van der Waals surface area contributed by atoms with E-state index in [1.54, 1.807) is 14.0 Å². The summed E-state index contributed by atoms with van der Waals surface area (Å²) >= 11 is 0. The number of amides is 3. The lowest BCUT2D eigenvalue weighted by atomic mass is 9.94. The lowest BCUT2D eigenvalue weighted by molar-refractivity contribution is -0.113. The maximum absolute atomic E-state index is 13.0. The van der Waals surface area contributed by atoms with Crippen LogP contribution in [0.1, 0.15) is 24.1 Å². The molecule has 0 saturated carbocycles. The smallest absolute Gasteiger partial charge is 0.322 e. The van der Waals surface area contributed by atoms with Gasteiger partial charge in [-0.1, -0.05) is 48.0 Å². The second-order valence-electron chi connectivity index (χ2n) is 6.17. The molecule has 25 heavy (non-hydrogen) atoms. The maximum Gasteiger partial charge on any atom is 0.322 e. The van der Waals surface area contributed by atoms with Gasteiger partial charge in [-0.2, -0.15) is 0 Å². The van der Waals surface area contributed by atoms with Gasteiger partial charge in [-0.25, -0.2) is 4.79 Å². The molecule has 5 nitrogen and oxygen atoms in total. The molecule has 2 aromatic carbocycles. The van der Waals surface area contributed by atoms with E-state index in [-0.39, 0.29) is 11.9 Å². The lowest BCUT2D eigenvalue weighted by Gasteiger charge is -2.33. The van der Waals surface area contributed by atoms with Crippen molar-refractivity contribution in [2.45, 2.75) is 19.9 Å². The van der Waals surface area contributed by atoms with Crippen molar-refractivity contribution in [1.82, 2.24) is 10.2 Å². The fraction of sp³-hybridized carbons (Fsp3) is 0.200. The minimum Gasteiger partial charge on any atom is -0.327 e. The van der Waals surface area contributed by atoms with Crippen LogP contribution in [0.5, 0.6) is 0 Å². The molecular weight excluding hydrogens is 314 g/mol. The number of carbonyl (C=O) groups excluding carboxylic acids is 2. The summed E-state index contributed by atoms with van der Waals surface area (Å²) in [5.41, 5.74) is 3.90. The fourth-order valence-electron chi connectivity index (χ4n) is 2.86. The van der Waals surface area contributed by atoms with Gasteiger partial charge in [-0.3, -0.25) is 4.79 Å². The molecule has 3 rings (SSSR count). The molecule has 5 heteroatoms. The monoisotopic (exact) mass is 335 g/mol. The first-order chi connectivity index (χ1) is 12.0. The van der Waals surface area contributed by atoms with Crippen LogP contribution in [-0.2, 0) is 4.79 Å². The zero-order valence-electron chi connectivity index (χ0n) is 14.5. The number of allylic oxidation sites excluding steroid dienone is 1. The van der Waals surface area contributed by atoms with Crippen LogP contribution >= 0.6 is 0 Å². The van der Waals surface area contributed by atoms with Gasteiger partial charge < -0.3 is 15.5 Å². The standard InChI is InChI=1S/C20H21N3O2/c1-13-9-11-16(12-10-13)21-19(24)17-14(2)23(3)20(25)22-18(17)15-7-5-4-6-8-15/h4-12,18H,1-3H3,(H,21,24)(H,22,25)/t18-/m0/s1. The van der Waals surface area contributed by atoms with Crippen LogP contribution in [0.3, 0.4) is 0 Å². The Morgan fingerprint density at radius 1 is 1.04 bits per heavy atom. The molecule has 0 saturated heterocycles. The number of hydrogen-bond donors (Lipinski definition) is 2. The third kappa shape index (κ3) is 3.40. The van der Waals surface area contributed by atoms with Crippen LogP contribution in [0.2, 0.25) is 0 Å². The molecule has 0 spiro atoms. The van der Waals surface area contributed by atoms with E-state index in [0.29, 0.717) is 11.3 Å². The highest BCUT2D eigenvalue weighted by Crippen LogP contribution is 2.30. The van der Waals surface area contributed by atoms with Gasteiger partial charge in [0.1, 0.15) is 0 Å². The van der Waals surface area contributed by atoms with Crippen molar-refractivity contribution < 1.29 is 9.59 Å². The number of nitrogens with zero attached hydrogens (tertiary/aromatic N) is 1. The van der Waals surface area contributed by atoms with E-state index in [9.17, 15) is 9.59 Å². The summed E-state index contributed by atoms with van der Waals surface area (Å²) in [6.07, 6.45) is 0. The second-order valence-corrected chi connectivity index (χ2v) is 6.17. The number of anilines is 1. The highest BCUT2D eigenvalue weighted by atomic mass is 16.2. The van der Waals surface area contributed by atoms with Crippen LogP contribution in [0.25, 0.3) is 0 Å². The fourth-order valence-corrected chi connectivity index (χ4v) is 2.86. The molecule has 0 fully saturated rings. The van der Waals surface area contributed by atoms with Crippen molar-refractivity contribution in [2.24, 2.45) is 0 Å². The first-order valence-electron chi connectivity index (χ1n) is 8.15. The molecular formula is C20H21N3O2. The quantitative estimate of drug-likeness (QED) is 0.900. The highest BCUT2D eigenvalue weighted by molar-refractivity contribution is 6.06. The Balaban J connectivity index is 1.97. The molecule has 3 amide bonds. The van der Waals surface area contributed by atoms with E-state index in [1.165, 1.54) is 4.90 Å². The van der Waals surface area contributed by atoms with Gasteiger partial charge in [0.15, 0.2) is 0 Å². The number of benzene rings is 2. The van der Waals surface area contributed by atoms with E-state index in [4.69, 9.17) is 0 Å². The Labute approximate surface area is 147 Å². The summed E-state index contributed by atoms with van der Waals surface area (Å²) in [6.45, 7) is 3.79. The van der Waals surface area contributed by atoms with Crippen LogP contribution in [0.15, 0.2) is 65.9 Å². The molecule has 2 N–H and O–H groups in total. The van der Waals surface area contributed by atoms with E-state index < -0.39 is 6.04 Å². The number of carbonyl (C=O) groups is 2. The van der Waals surface area contributed by atoms with Crippen molar-refractivity contribution in [1.29, 1.82) is 0 Å². The summed E-state index contributed by atoms with van der Waals surface area (Å²) in [6, 6.07) is 16.4. The Kier molecular flexibility index (Phi) is 4.57. The number of nitrogens with one attached hydrogen (secondary N) is 2. The molecule has 0 unspecified atom stereocenters. The van der Waals surface area contributed by atoms with Crippen molar-refractivity contribution in [3.05, 3.63) is 77.0 Å². The Morgan fingerprint density at radius 3 is 2.32 bits per heavy atom. The predicted octanol–water partition coefficient (Wildman–Crippen LogP) is 3.60. The van der Waals surface area contributed by atoms with E-state index in [0.717, 1.165) is 16.8 Å². The van der Waals surface area contributed by atoms with Crippen molar-refractivity contribution in [3.63, 3.8) is 0 Å². The van der Waals surface area contributed by atoms with Crippen LogP contribution in [0, 0.1) is 6.92 Å². The molecule has 1 heterocycles. The van der Waals surface area contributed by atoms with E-state index in [2.05, 4.69) is 10.6 Å². The summed E-state index contributed by atoms with van der Waals surface area (Å²) in [4.78, 5) is 26.6. The Hall–Kier alpha value is -3.08. The van der Waals surface area contributed by atoms with Gasteiger partial charge in [0.05, 0.1) is 11.6 Å². The normalized spacial score (nSPS) is 17.3. The zero-order valence-corrected chi connectivity index (χ0v) is 14.5. The maximum atomic E-state index is 13.0. The minimum atomic E-state index is -0.477. The molecule has 0 aromatic heterocycles. The highest BCUT2D eigenvalue weighted by Gasteiger charge is 2.33. The third-order valence-electron chi connectivity index (χ3n) is 4.44. The van der Waals surface area contributed by atoms with Gasteiger partial charge >= 0.3 is 6.03 Å². The topological polar surface area (TPSA) is 61.4 Å². The van der Waals surface area contributed by atoms with Gasteiger partial charge in [-0.15, -0.1) is 0 Å². The van der Waals surface area contributed by atoms with Crippen LogP contribution in [-0.4, -0.2) is 23.9 Å². The molecule has 1 aliphatic rings. The molecule has 0 bridgehead atoms. The van der Waals surface area contributed by atoms with Crippen molar-refractivity contribution >= 4 is 17.6 Å². The Bertz CT molecular complexity index is 826. The minimum absolute atomic E-state index is 0.220. The van der Waals surface area contributed by atoms with E-state index in [1.807, 2.05) is 61.5 Å². The Morgan fingerprint density at radius 2 is 1.68 bits per heavy atom. The van der Waals surface area contributed by atoms with Crippen LogP contribution < -0.4 is 10.6 Å². The van der Waals surface area contributed by atoms with Gasteiger partial charge in [0, 0.05) is 18.4 Å². The molecule has 2 aromatic rings. The summed E-state index contributed by atoms with van der Waals surface area (Å²) in [5, 5.41) is 5.84. The molecule has 1 aliphatic heterocycles. The molecule has 1 atom stereocenters. The predicted molar refractivity (Wildman–Crippen MR) is 98.0 cm³/mol.